The Bertz CT molecular complexity index is 537. The van der Waals surface area contributed by atoms with Crippen molar-refractivity contribution in [1.82, 2.24) is 4.90 Å². The summed E-state index contributed by atoms with van der Waals surface area (Å²) in [5.74, 6) is 1.99. The Hall–Kier alpha value is -2.06. The Balaban J connectivity index is 3.15. The van der Waals surface area contributed by atoms with Gasteiger partial charge in [0.15, 0.2) is 0 Å². The van der Waals surface area contributed by atoms with Crippen LogP contribution >= 0.6 is 11.6 Å². The summed E-state index contributed by atoms with van der Waals surface area (Å²) in [6.07, 6.45) is 5.94. The van der Waals surface area contributed by atoms with E-state index < -0.39 is 10.8 Å². The number of nitro benzene ring substituents is 1. The maximum Gasteiger partial charge on any atom is 0.288 e. The van der Waals surface area contributed by atoms with E-state index >= 15 is 0 Å². The van der Waals surface area contributed by atoms with Crippen molar-refractivity contribution in [1.29, 1.82) is 0 Å². The molecule has 0 aliphatic rings. The molecule has 6 heteroatoms. The molecule has 0 atom stereocenters. The number of nitrogens with zero attached hydrogens (tertiary/aromatic N) is 2. The molecule has 0 unspecified atom stereocenters. The molecule has 0 saturated heterocycles. The van der Waals surface area contributed by atoms with E-state index in [0.29, 0.717) is 6.54 Å². The first-order valence-electron chi connectivity index (χ1n) is 5.68. The van der Waals surface area contributed by atoms with Crippen LogP contribution in [-0.2, 0) is 0 Å². The molecule has 1 amide bonds. The number of halogens is 1. The van der Waals surface area contributed by atoms with Gasteiger partial charge in [-0.15, -0.1) is 6.42 Å². The summed E-state index contributed by atoms with van der Waals surface area (Å²) < 4.78 is 0. The summed E-state index contributed by atoms with van der Waals surface area (Å²) in [7, 11) is 0. The lowest BCUT2D eigenvalue weighted by atomic mass is 10.1. The second-order valence-corrected chi connectivity index (χ2v) is 4.20. The Kier molecular flexibility index (Phi) is 5.34. The largest absolute Gasteiger partial charge is 0.327 e. The lowest BCUT2D eigenvalue weighted by molar-refractivity contribution is -0.384. The van der Waals surface area contributed by atoms with Gasteiger partial charge in [-0.1, -0.05) is 30.5 Å². The third kappa shape index (κ3) is 3.46. The van der Waals surface area contributed by atoms with E-state index in [2.05, 4.69) is 5.92 Å². The first-order chi connectivity index (χ1) is 9.02. The molecule has 0 aliphatic heterocycles. The van der Waals surface area contributed by atoms with E-state index in [-0.39, 0.29) is 22.8 Å². The van der Waals surface area contributed by atoms with E-state index in [1.165, 1.54) is 23.1 Å². The molecule has 0 aromatic heterocycles. The van der Waals surface area contributed by atoms with Gasteiger partial charge in [0.2, 0.25) is 0 Å². The predicted molar refractivity (Wildman–Crippen MR) is 73.1 cm³/mol. The van der Waals surface area contributed by atoms with Gasteiger partial charge in [-0.3, -0.25) is 14.9 Å². The maximum atomic E-state index is 12.2. The summed E-state index contributed by atoms with van der Waals surface area (Å²) in [5.41, 5.74) is -0.191. The SMILES string of the molecule is C#CCN(CCC)C(=O)c1cccc([N+](=O)[O-])c1Cl. The van der Waals surface area contributed by atoms with Gasteiger partial charge in [-0.25, -0.2) is 0 Å². The van der Waals surface area contributed by atoms with Crippen LogP contribution in [0.25, 0.3) is 0 Å². The van der Waals surface area contributed by atoms with Crippen molar-refractivity contribution in [3.05, 3.63) is 38.9 Å². The highest BCUT2D eigenvalue weighted by molar-refractivity contribution is 6.35. The van der Waals surface area contributed by atoms with Gasteiger partial charge in [0.05, 0.1) is 17.0 Å². The first-order valence-corrected chi connectivity index (χ1v) is 6.06. The Morgan fingerprint density at radius 2 is 2.26 bits per heavy atom. The first kappa shape index (κ1) is 15.0. The number of carbonyl (C=O) groups excluding carboxylic acids is 1. The molecule has 0 bridgehead atoms. The quantitative estimate of drug-likeness (QED) is 0.473. The van der Waals surface area contributed by atoms with Crippen LogP contribution in [0.15, 0.2) is 18.2 Å². The number of hydrogen-bond acceptors (Lipinski definition) is 3. The molecule has 1 rings (SSSR count). The van der Waals surface area contributed by atoms with Crippen molar-refractivity contribution in [2.24, 2.45) is 0 Å². The molecular weight excluding hydrogens is 268 g/mol. The lowest BCUT2D eigenvalue weighted by Gasteiger charge is -2.19. The zero-order valence-corrected chi connectivity index (χ0v) is 11.2. The van der Waals surface area contributed by atoms with Gasteiger partial charge in [0, 0.05) is 12.6 Å². The molecule has 1 aromatic carbocycles. The molecule has 0 fully saturated rings. The molecule has 0 heterocycles. The summed E-state index contributed by atoms with van der Waals surface area (Å²) >= 11 is 5.90. The van der Waals surface area contributed by atoms with E-state index in [9.17, 15) is 14.9 Å². The highest BCUT2D eigenvalue weighted by atomic mass is 35.5. The second kappa shape index (κ2) is 6.76. The summed E-state index contributed by atoms with van der Waals surface area (Å²) in [5, 5.41) is 10.6. The number of carbonyl (C=O) groups is 1. The maximum absolute atomic E-state index is 12.2. The van der Waals surface area contributed by atoms with Crippen LogP contribution in [0.1, 0.15) is 23.7 Å². The van der Waals surface area contributed by atoms with Crippen LogP contribution in [0, 0.1) is 22.5 Å². The normalized spacial score (nSPS) is 9.74. The highest BCUT2D eigenvalue weighted by Crippen LogP contribution is 2.28. The minimum Gasteiger partial charge on any atom is -0.327 e. The smallest absolute Gasteiger partial charge is 0.288 e. The van der Waals surface area contributed by atoms with E-state index in [1.807, 2.05) is 6.92 Å². The van der Waals surface area contributed by atoms with Crippen LogP contribution < -0.4 is 0 Å². The molecule has 0 spiro atoms. The fraction of sp³-hybridized carbons (Fsp3) is 0.308. The van der Waals surface area contributed by atoms with Crippen molar-refractivity contribution in [3.8, 4) is 12.3 Å². The molecule has 19 heavy (non-hydrogen) atoms. The molecule has 1 aromatic rings. The average Bonchev–Trinajstić information content (AvgIpc) is 2.37. The van der Waals surface area contributed by atoms with Crippen molar-refractivity contribution < 1.29 is 9.72 Å². The van der Waals surface area contributed by atoms with Gasteiger partial charge in [0.25, 0.3) is 11.6 Å². The molecule has 5 nitrogen and oxygen atoms in total. The van der Waals surface area contributed by atoms with Gasteiger partial charge in [-0.05, 0) is 12.5 Å². The molecule has 0 aliphatic carbocycles. The van der Waals surface area contributed by atoms with Gasteiger partial charge < -0.3 is 4.90 Å². The number of nitro groups is 1. The number of hydrogen-bond donors (Lipinski definition) is 0. The molecule has 100 valence electrons. The van der Waals surface area contributed by atoms with Crippen LogP contribution in [0.3, 0.4) is 0 Å². The second-order valence-electron chi connectivity index (χ2n) is 3.83. The number of benzene rings is 1. The van der Waals surface area contributed by atoms with Gasteiger partial charge in [-0.2, -0.15) is 0 Å². The molecule has 0 N–H and O–H groups in total. The van der Waals surface area contributed by atoms with Crippen molar-refractivity contribution in [2.75, 3.05) is 13.1 Å². The fourth-order valence-corrected chi connectivity index (χ4v) is 1.90. The predicted octanol–water partition coefficient (Wildman–Crippen LogP) is 2.73. The summed E-state index contributed by atoms with van der Waals surface area (Å²) in [6.45, 7) is 2.53. The molecule has 0 radical (unpaired) electrons. The van der Waals surface area contributed by atoms with Crippen molar-refractivity contribution in [3.63, 3.8) is 0 Å². The van der Waals surface area contributed by atoms with Crippen LogP contribution in [0.5, 0.6) is 0 Å². The lowest BCUT2D eigenvalue weighted by Crippen LogP contribution is -2.32. The number of rotatable bonds is 5. The summed E-state index contributed by atoms with van der Waals surface area (Å²) in [4.78, 5) is 23.8. The third-order valence-electron chi connectivity index (χ3n) is 2.47. The monoisotopic (exact) mass is 280 g/mol. The zero-order valence-electron chi connectivity index (χ0n) is 10.4. The standard InChI is InChI=1S/C13H13ClN2O3/c1-3-8-15(9-4-2)13(17)10-6-5-7-11(12(10)14)16(18)19/h1,5-7H,4,8-9H2,2H3. The zero-order chi connectivity index (χ0) is 14.4. The van der Waals surface area contributed by atoms with E-state index in [0.717, 1.165) is 6.42 Å². The molecular formula is C13H13ClN2O3. The number of amides is 1. The van der Waals surface area contributed by atoms with Gasteiger partial charge >= 0.3 is 0 Å². The summed E-state index contributed by atoms with van der Waals surface area (Å²) in [6, 6.07) is 4.14. The third-order valence-corrected chi connectivity index (χ3v) is 2.87. The minimum absolute atomic E-state index is 0.0968. The number of terminal acetylenes is 1. The van der Waals surface area contributed by atoms with E-state index in [1.54, 1.807) is 0 Å². The van der Waals surface area contributed by atoms with Crippen LogP contribution in [0.2, 0.25) is 5.02 Å². The Morgan fingerprint density at radius 3 is 2.79 bits per heavy atom. The Labute approximate surface area is 116 Å². The van der Waals surface area contributed by atoms with Gasteiger partial charge in [0.1, 0.15) is 5.02 Å². The van der Waals surface area contributed by atoms with Crippen LogP contribution in [-0.4, -0.2) is 28.8 Å². The fourth-order valence-electron chi connectivity index (χ4n) is 1.63. The highest BCUT2D eigenvalue weighted by Gasteiger charge is 2.23. The Morgan fingerprint density at radius 1 is 1.58 bits per heavy atom. The molecule has 0 saturated carbocycles. The van der Waals surface area contributed by atoms with E-state index in [4.69, 9.17) is 18.0 Å². The topological polar surface area (TPSA) is 63.5 Å². The average molecular weight is 281 g/mol. The van der Waals surface area contributed by atoms with Crippen molar-refractivity contribution >= 4 is 23.2 Å². The minimum atomic E-state index is -0.621. The van der Waals surface area contributed by atoms with Crippen LogP contribution in [0.4, 0.5) is 5.69 Å². The van der Waals surface area contributed by atoms with Crippen molar-refractivity contribution in [2.45, 2.75) is 13.3 Å².